The zero-order valence-corrected chi connectivity index (χ0v) is 12.9. The predicted molar refractivity (Wildman–Crippen MR) is 84.1 cm³/mol. The molecule has 1 N–H and O–H groups in total. The number of nitrogens with one attached hydrogen (secondary N) is 1. The Morgan fingerprint density at radius 2 is 1.65 bits per heavy atom. The van der Waals surface area contributed by atoms with Gasteiger partial charge in [-0.1, -0.05) is 17.2 Å². The first kappa shape index (κ1) is 14.7. The number of carbonyl (C=O) groups excluding carboxylic acids is 1. The van der Waals surface area contributed by atoms with E-state index in [1.807, 2.05) is 4.90 Å². The highest BCUT2D eigenvalue weighted by atomic mass is 19.1. The number of anilines is 1. The highest BCUT2D eigenvalue weighted by Gasteiger charge is 2.42. The summed E-state index contributed by atoms with van der Waals surface area (Å²) in [5.41, 5.74) is 2.77. The van der Waals surface area contributed by atoms with Crippen molar-refractivity contribution >= 4 is 11.7 Å². The van der Waals surface area contributed by atoms with Crippen molar-refractivity contribution in [3.63, 3.8) is 0 Å². The zero-order valence-electron chi connectivity index (χ0n) is 12.9. The summed E-state index contributed by atoms with van der Waals surface area (Å²) in [7, 11) is 0. The Hall–Kier alpha value is -1.91. The normalized spacial score (nSPS) is 26.3. The average Bonchev–Trinajstić information content (AvgIpc) is 2.72. The van der Waals surface area contributed by atoms with Crippen LogP contribution in [0.3, 0.4) is 0 Å². The largest absolute Gasteiger partial charge is 0.322 e. The fraction of sp³-hybridized carbons (Fsp3) is 0.500. The number of piperidine rings is 1. The number of rotatable bonds is 1. The third kappa shape index (κ3) is 2.52. The number of urea groups is 1. The molecular formula is C18H20F2N2O. The molecule has 1 saturated carbocycles. The van der Waals surface area contributed by atoms with Gasteiger partial charge in [0.2, 0.25) is 0 Å². The highest BCUT2D eigenvalue weighted by Crippen LogP contribution is 2.43. The first-order chi connectivity index (χ1) is 11.1. The van der Waals surface area contributed by atoms with Gasteiger partial charge >= 0.3 is 6.03 Å². The number of carbonyl (C=O) groups is 1. The second-order valence-corrected chi connectivity index (χ2v) is 6.79. The molecule has 1 aromatic rings. The van der Waals surface area contributed by atoms with Gasteiger partial charge in [-0.3, -0.25) is 0 Å². The highest BCUT2D eigenvalue weighted by molar-refractivity contribution is 5.90. The Labute approximate surface area is 134 Å². The van der Waals surface area contributed by atoms with Gasteiger partial charge in [-0.15, -0.1) is 0 Å². The van der Waals surface area contributed by atoms with Gasteiger partial charge in [0.1, 0.15) is 17.3 Å². The fourth-order valence-corrected chi connectivity index (χ4v) is 4.13. The minimum absolute atomic E-state index is 0.173. The van der Waals surface area contributed by atoms with Crippen LogP contribution < -0.4 is 5.32 Å². The summed E-state index contributed by atoms with van der Waals surface area (Å²) in [4.78, 5) is 14.4. The molecule has 23 heavy (non-hydrogen) atoms. The SMILES string of the molecule is O=C(Nc1c(F)cccc1F)N1C2CCC1CC(=C1CCC1)C2. The van der Waals surface area contributed by atoms with E-state index >= 15 is 0 Å². The number of fused-ring (bicyclic) bond motifs is 2. The van der Waals surface area contributed by atoms with Gasteiger partial charge in [0.05, 0.1) is 0 Å². The maximum absolute atomic E-state index is 13.7. The van der Waals surface area contributed by atoms with Gasteiger partial charge in [-0.2, -0.15) is 0 Å². The lowest BCUT2D eigenvalue weighted by Crippen LogP contribution is -2.47. The van der Waals surface area contributed by atoms with E-state index in [0.29, 0.717) is 0 Å². The van der Waals surface area contributed by atoms with Crippen LogP contribution in [-0.2, 0) is 0 Å². The smallest absolute Gasteiger partial charge is 0.318 e. The number of halogens is 2. The van der Waals surface area contributed by atoms with E-state index in [4.69, 9.17) is 0 Å². The van der Waals surface area contributed by atoms with E-state index in [1.54, 1.807) is 5.57 Å². The van der Waals surface area contributed by atoms with Crippen molar-refractivity contribution in [2.45, 2.75) is 57.0 Å². The van der Waals surface area contributed by atoms with E-state index in [2.05, 4.69) is 5.32 Å². The number of amides is 2. The third-order valence-corrected chi connectivity index (χ3v) is 5.47. The molecule has 5 heteroatoms. The van der Waals surface area contributed by atoms with Crippen LogP contribution in [0.1, 0.15) is 44.9 Å². The van der Waals surface area contributed by atoms with Crippen molar-refractivity contribution < 1.29 is 13.6 Å². The standard InChI is InChI=1S/C18H20F2N2O/c19-15-5-2-6-16(20)17(15)21-18(23)22-13-7-8-14(22)10-12(9-13)11-3-1-4-11/h2,5-6,13-14H,1,3-4,7-10H2,(H,21,23). The van der Waals surface area contributed by atoms with Crippen LogP contribution in [0.25, 0.3) is 0 Å². The van der Waals surface area contributed by atoms with Crippen LogP contribution in [0.2, 0.25) is 0 Å². The molecule has 1 aromatic carbocycles. The summed E-state index contributed by atoms with van der Waals surface area (Å²) in [6, 6.07) is 3.57. The Bertz CT molecular complexity index is 643. The lowest BCUT2D eigenvalue weighted by atomic mass is 9.82. The predicted octanol–water partition coefficient (Wildman–Crippen LogP) is 4.60. The summed E-state index contributed by atoms with van der Waals surface area (Å²) < 4.78 is 27.5. The van der Waals surface area contributed by atoms with Crippen LogP contribution in [0.4, 0.5) is 19.3 Å². The first-order valence-corrected chi connectivity index (χ1v) is 8.36. The maximum atomic E-state index is 13.7. The topological polar surface area (TPSA) is 32.3 Å². The third-order valence-electron chi connectivity index (χ3n) is 5.47. The Balaban J connectivity index is 1.52. The van der Waals surface area contributed by atoms with Gasteiger partial charge in [0.25, 0.3) is 0 Å². The van der Waals surface area contributed by atoms with E-state index in [0.717, 1.165) is 37.8 Å². The molecular weight excluding hydrogens is 298 g/mol. The molecule has 2 amide bonds. The Morgan fingerprint density at radius 1 is 1.04 bits per heavy atom. The lowest BCUT2D eigenvalue weighted by molar-refractivity contribution is 0.172. The second kappa shape index (κ2) is 5.62. The molecule has 3 nitrogen and oxygen atoms in total. The van der Waals surface area contributed by atoms with Crippen molar-refractivity contribution in [3.8, 4) is 0 Å². The van der Waals surface area contributed by atoms with Crippen molar-refractivity contribution in [2.24, 2.45) is 0 Å². The molecule has 2 heterocycles. The van der Waals surface area contributed by atoms with Crippen molar-refractivity contribution in [3.05, 3.63) is 41.0 Å². The second-order valence-electron chi connectivity index (χ2n) is 6.79. The molecule has 4 rings (SSSR count). The quantitative estimate of drug-likeness (QED) is 0.754. The molecule has 2 unspecified atom stereocenters. The van der Waals surface area contributed by atoms with Gasteiger partial charge in [-0.05, 0) is 57.1 Å². The van der Waals surface area contributed by atoms with E-state index < -0.39 is 11.6 Å². The van der Waals surface area contributed by atoms with E-state index in [1.165, 1.54) is 30.9 Å². The molecule has 1 aliphatic carbocycles. The van der Waals surface area contributed by atoms with E-state index in [9.17, 15) is 13.6 Å². The molecule has 2 aliphatic heterocycles. The Kier molecular flexibility index (Phi) is 3.58. The molecule has 0 spiro atoms. The van der Waals surface area contributed by atoms with Gasteiger partial charge < -0.3 is 10.2 Å². The van der Waals surface area contributed by atoms with Gasteiger partial charge in [0, 0.05) is 12.1 Å². The molecule has 2 saturated heterocycles. The summed E-state index contributed by atoms with van der Waals surface area (Å²) in [6.07, 6.45) is 7.52. The number of hydrogen-bond donors (Lipinski definition) is 1. The van der Waals surface area contributed by atoms with Crippen LogP contribution in [0, 0.1) is 11.6 Å². The number of allylic oxidation sites excluding steroid dienone is 1. The number of nitrogens with zero attached hydrogens (tertiary/aromatic N) is 1. The molecule has 3 fully saturated rings. The van der Waals surface area contributed by atoms with Crippen LogP contribution in [0.15, 0.2) is 29.3 Å². The average molecular weight is 318 g/mol. The molecule has 122 valence electrons. The molecule has 2 atom stereocenters. The van der Waals surface area contributed by atoms with Crippen molar-refractivity contribution in [1.29, 1.82) is 0 Å². The summed E-state index contributed by atoms with van der Waals surface area (Å²) >= 11 is 0. The molecule has 0 radical (unpaired) electrons. The van der Waals surface area contributed by atoms with Gasteiger partial charge in [0.15, 0.2) is 0 Å². The monoisotopic (exact) mass is 318 g/mol. The minimum atomic E-state index is -0.736. The number of hydrogen-bond acceptors (Lipinski definition) is 1. The number of benzene rings is 1. The van der Waals surface area contributed by atoms with Crippen molar-refractivity contribution in [2.75, 3.05) is 5.32 Å². The van der Waals surface area contributed by atoms with Crippen molar-refractivity contribution in [1.82, 2.24) is 4.90 Å². The fourth-order valence-electron chi connectivity index (χ4n) is 4.13. The zero-order chi connectivity index (χ0) is 16.0. The summed E-state index contributed by atoms with van der Waals surface area (Å²) in [5, 5.41) is 2.44. The summed E-state index contributed by atoms with van der Waals surface area (Å²) in [6.45, 7) is 0. The van der Waals surface area contributed by atoms with Crippen LogP contribution in [-0.4, -0.2) is 23.0 Å². The molecule has 3 aliphatic rings. The van der Waals surface area contributed by atoms with Gasteiger partial charge in [-0.25, -0.2) is 13.6 Å². The number of para-hydroxylation sites is 1. The first-order valence-electron chi connectivity index (χ1n) is 8.36. The maximum Gasteiger partial charge on any atom is 0.322 e. The summed E-state index contributed by atoms with van der Waals surface area (Å²) in [5.74, 6) is -1.47. The molecule has 0 aromatic heterocycles. The minimum Gasteiger partial charge on any atom is -0.318 e. The van der Waals surface area contributed by atoms with Crippen LogP contribution in [0.5, 0.6) is 0 Å². The lowest BCUT2D eigenvalue weighted by Gasteiger charge is -2.38. The van der Waals surface area contributed by atoms with E-state index in [-0.39, 0.29) is 23.8 Å². The Morgan fingerprint density at radius 3 is 2.17 bits per heavy atom. The van der Waals surface area contributed by atoms with Crippen LogP contribution >= 0.6 is 0 Å². The molecule has 2 bridgehead atoms.